The largest absolute Gasteiger partial charge is 0.497 e. The molecule has 1 N–H and O–H groups in total. The van der Waals surface area contributed by atoms with Crippen LogP contribution < -0.4 is 9.64 Å². The number of hydrogen-bond donors (Lipinski definition) is 1. The maximum absolute atomic E-state index is 13.4. The van der Waals surface area contributed by atoms with E-state index in [0.717, 1.165) is 42.9 Å². The summed E-state index contributed by atoms with van der Waals surface area (Å²) in [6, 6.07) is 6.02. The number of nitrogens with zero attached hydrogens (tertiary/aromatic N) is 2. The zero-order valence-electron chi connectivity index (χ0n) is 15.9. The zero-order valence-corrected chi connectivity index (χ0v) is 15.9. The standard InChI is InChI=1S/C22H24N2O4/c1-27-13-2-3-15-16(8-13)24-18(25)9-17-19-14-10-22(26)21(15,20(19)24)5-6-23(22)11-12(14)4-7-28-17/h2-4,8,14,17,19-20,26H,5-7,9-11H2,1H3/t14?,17?,19?,20-,21?,22?/m0/s1. The molecule has 1 aliphatic carbocycles. The van der Waals surface area contributed by atoms with Gasteiger partial charge >= 0.3 is 0 Å². The predicted octanol–water partition coefficient (Wildman–Crippen LogP) is 1.42. The summed E-state index contributed by atoms with van der Waals surface area (Å²) in [5, 5.41) is 12.2. The van der Waals surface area contributed by atoms with Crippen LogP contribution in [0.4, 0.5) is 5.69 Å². The Morgan fingerprint density at radius 2 is 2.25 bits per heavy atom. The molecule has 4 fully saturated rings. The van der Waals surface area contributed by atoms with E-state index < -0.39 is 11.1 Å². The van der Waals surface area contributed by atoms with Gasteiger partial charge in [0.25, 0.3) is 0 Å². The molecule has 2 bridgehead atoms. The van der Waals surface area contributed by atoms with Gasteiger partial charge < -0.3 is 19.5 Å². The first-order chi connectivity index (χ1) is 13.6. The molecule has 3 saturated heterocycles. The minimum Gasteiger partial charge on any atom is -0.497 e. The third-order valence-electron chi connectivity index (χ3n) is 8.65. The second-order valence-corrected chi connectivity index (χ2v) is 9.29. The minimum absolute atomic E-state index is 0.0450. The molecule has 28 heavy (non-hydrogen) atoms. The summed E-state index contributed by atoms with van der Waals surface area (Å²) in [5.74, 6) is 1.40. The van der Waals surface area contributed by atoms with Crippen LogP contribution >= 0.6 is 0 Å². The number of benzene rings is 1. The Balaban J connectivity index is 1.55. The molecule has 5 heterocycles. The van der Waals surface area contributed by atoms with Crippen molar-refractivity contribution in [3.05, 3.63) is 35.4 Å². The van der Waals surface area contributed by atoms with Crippen LogP contribution in [0.2, 0.25) is 0 Å². The Bertz CT molecular complexity index is 960. The van der Waals surface area contributed by atoms with Gasteiger partial charge in [-0.3, -0.25) is 9.69 Å². The Hall–Kier alpha value is -1.89. The highest BCUT2D eigenvalue weighted by Crippen LogP contribution is 2.69. The number of anilines is 1. The Morgan fingerprint density at radius 1 is 1.36 bits per heavy atom. The van der Waals surface area contributed by atoms with E-state index in [0.29, 0.717) is 13.0 Å². The summed E-state index contributed by atoms with van der Waals surface area (Å²) in [4.78, 5) is 17.6. The van der Waals surface area contributed by atoms with Gasteiger partial charge in [-0.25, -0.2) is 0 Å². The SMILES string of the molecule is COc1ccc2c(c1)N1C(=O)CC3OCC=C4CN5CCC26[C@@H]1C3C4CC56O. The van der Waals surface area contributed by atoms with Crippen molar-refractivity contribution < 1.29 is 19.4 Å². The number of methoxy groups -OCH3 is 1. The van der Waals surface area contributed by atoms with Gasteiger partial charge in [-0.1, -0.05) is 17.7 Å². The average Bonchev–Trinajstić information content (AvgIpc) is 3.11. The zero-order chi connectivity index (χ0) is 18.8. The topological polar surface area (TPSA) is 62.2 Å². The first-order valence-corrected chi connectivity index (χ1v) is 10.4. The summed E-state index contributed by atoms with van der Waals surface area (Å²) >= 11 is 0. The van der Waals surface area contributed by atoms with Crippen molar-refractivity contribution in [2.45, 2.75) is 42.5 Å². The van der Waals surface area contributed by atoms with E-state index in [2.05, 4.69) is 17.0 Å². The number of carbonyl (C=O) groups excluding carboxylic acids is 1. The van der Waals surface area contributed by atoms with Crippen LogP contribution in [0.3, 0.4) is 0 Å². The highest BCUT2D eigenvalue weighted by atomic mass is 16.5. The summed E-state index contributed by atoms with van der Waals surface area (Å²) in [7, 11) is 1.66. The average molecular weight is 380 g/mol. The first kappa shape index (κ1) is 16.0. The van der Waals surface area contributed by atoms with E-state index in [1.807, 2.05) is 17.0 Å². The number of fused-ring (bicyclic) bond motifs is 2. The van der Waals surface area contributed by atoms with E-state index in [1.165, 1.54) is 5.57 Å². The normalized spacial score (nSPS) is 44.9. The van der Waals surface area contributed by atoms with Gasteiger partial charge in [0.1, 0.15) is 11.5 Å². The van der Waals surface area contributed by atoms with Gasteiger partial charge in [-0.15, -0.1) is 0 Å². The molecule has 7 rings (SSSR count). The molecule has 0 aromatic heterocycles. The van der Waals surface area contributed by atoms with Crippen molar-refractivity contribution in [3.63, 3.8) is 0 Å². The summed E-state index contributed by atoms with van der Waals surface area (Å²) in [6.45, 7) is 2.26. The van der Waals surface area contributed by atoms with Gasteiger partial charge in [0.2, 0.25) is 5.91 Å². The summed E-state index contributed by atoms with van der Waals surface area (Å²) in [5.41, 5.74) is 2.11. The third-order valence-corrected chi connectivity index (χ3v) is 8.65. The molecule has 146 valence electrons. The fourth-order valence-corrected chi connectivity index (χ4v) is 7.68. The fraction of sp³-hybridized carbons (Fsp3) is 0.591. The first-order valence-electron chi connectivity index (χ1n) is 10.4. The van der Waals surface area contributed by atoms with Crippen LogP contribution in [0.15, 0.2) is 29.8 Å². The Kier molecular flexibility index (Phi) is 2.74. The van der Waals surface area contributed by atoms with Gasteiger partial charge in [-0.2, -0.15) is 0 Å². The number of aliphatic hydroxyl groups is 1. The predicted molar refractivity (Wildman–Crippen MR) is 101 cm³/mol. The highest BCUT2D eigenvalue weighted by molar-refractivity contribution is 5.99. The van der Waals surface area contributed by atoms with Gasteiger partial charge in [0.15, 0.2) is 0 Å². The molecule has 1 amide bonds. The quantitative estimate of drug-likeness (QED) is 0.747. The van der Waals surface area contributed by atoms with Crippen molar-refractivity contribution >= 4 is 11.6 Å². The van der Waals surface area contributed by atoms with Crippen LogP contribution in [-0.4, -0.2) is 60.6 Å². The van der Waals surface area contributed by atoms with Gasteiger partial charge in [0.05, 0.1) is 43.4 Å². The molecule has 1 spiro atoms. The van der Waals surface area contributed by atoms with Crippen molar-refractivity contribution in [2.75, 3.05) is 31.7 Å². The van der Waals surface area contributed by atoms with E-state index >= 15 is 0 Å². The second kappa shape index (κ2) is 4.81. The van der Waals surface area contributed by atoms with Crippen molar-refractivity contribution in [1.29, 1.82) is 0 Å². The number of hydrogen-bond acceptors (Lipinski definition) is 5. The Labute approximate surface area is 163 Å². The molecule has 6 nitrogen and oxygen atoms in total. The molecule has 5 aliphatic heterocycles. The van der Waals surface area contributed by atoms with E-state index in [-0.39, 0.29) is 29.9 Å². The van der Waals surface area contributed by atoms with E-state index in [4.69, 9.17) is 9.47 Å². The molecule has 5 unspecified atom stereocenters. The highest BCUT2D eigenvalue weighted by Gasteiger charge is 2.76. The molecule has 1 aromatic carbocycles. The summed E-state index contributed by atoms with van der Waals surface area (Å²) in [6.07, 6.45) is 4.20. The lowest BCUT2D eigenvalue weighted by atomic mass is 9.52. The number of amides is 1. The van der Waals surface area contributed by atoms with Crippen molar-refractivity contribution in [3.8, 4) is 5.75 Å². The monoisotopic (exact) mass is 380 g/mol. The number of ether oxygens (including phenoxy) is 2. The Morgan fingerprint density at radius 3 is 3.11 bits per heavy atom. The lowest BCUT2D eigenvalue weighted by molar-refractivity contribution is -0.197. The van der Waals surface area contributed by atoms with Gasteiger partial charge in [-0.05, 0) is 30.4 Å². The lowest BCUT2D eigenvalue weighted by Gasteiger charge is -2.62. The number of rotatable bonds is 1. The van der Waals surface area contributed by atoms with Crippen LogP contribution in [-0.2, 0) is 14.9 Å². The summed E-state index contributed by atoms with van der Waals surface area (Å²) < 4.78 is 11.7. The van der Waals surface area contributed by atoms with Crippen molar-refractivity contribution in [1.82, 2.24) is 4.90 Å². The van der Waals surface area contributed by atoms with Crippen LogP contribution in [0, 0.1) is 11.8 Å². The molecule has 0 radical (unpaired) electrons. The minimum atomic E-state index is -0.902. The van der Waals surface area contributed by atoms with Crippen molar-refractivity contribution in [2.24, 2.45) is 11.8 Å². The molecule has 1 saturated carbocycles. The molecule has 6 aliphatic rings. The maximum atomic E-state index is 13.4. The maximum Gasteiger partial charge on any atom is 0.229 e. The third kappa shape index (κ3) is 1.49. The molecule has 6 heteroatoms. The van der Waals surface area contributed by atoms with Crippen LogP contribution in [0.5, 0.6) is 5.75 Å². The smallest absolute Gasteiger partial charge is 0.229 e. The molecular formula is C22H24N2O4. The lowest BCUT2D eigenvalue weighted by Crippen LogP contribution is -2.74. The molecule has 1 aromatic rings. The molecular weight excluding hydrogens is 356 g/mol. The van der Waals surface area contributed by atoms with Gasteiger partial charge in [0, 0.05) is 25.1 Å². The van der Waals surface area contributed by atoms with E-state index in [9.17, 15) is 9.90 Å². The van der Waals surface area contributed by atoms with Crippen LogP contribution in [0.1, 0.15) is 24.8 Å². The van der Waals surface area contributed by atoms with E-state index in [1.54, 1.807) is 7.11 Å². The number of carbonyl (C=O) groups is 1. The van der Waals surface area contributed by atoms with Crippen LogP contribution in [0.25, 0.3) is 0 Å². The number of piperidine rings is 2. The second-order valence-electron chi connectivity index (χ2n) is 9.29. The molecule has 6 atom stereocenters. The fourth-order valence-electron chi connectivity index (χ4n) is 7.68.